The van der Waals surface area contributed by atoms with Gasteiger partial charge in [0.15, 0.2) is 17.5 Å². The zero-order chi connectivity index (χ0) is 37.5. The molecule has 0 spiro atoms. The summed E-state index contributed by atoms with van der Waals surface area (Å²) >= 11 is 0. The molecule has 0 bridgehead atoms. The highest BCUT2D eigenvalue weighted by Gasteiger charge is 2.23. The summed E-state index contributed by atoms with van der Waals surface area (Å²) in [7, 11) is 0. The molecule has 0 saturated heterocycles. The summed E-state index contributed by atoms with van der Waals surface area (Å²) in [6.07, 6.45) is 0. The Morgan fingerprint density at radius 3 is 1.42 bits per heavy atom. The maximum absolute atomic E-state index is 5.40. The van der Waals surface area contributed by atoms with E-state index in [1.54, 1.807) is 0 Å². The predicted octanol–water partition coefficient (Wildman–Crippen LogP) is 13.7. The van der Waals surface area contributed by atoms with E-state index in [1.165, 1.54) is 43.4 Å². The highest BCUT2D eigenvalue weighted by molar-refractivity contribution is 6.37. The van der Waals surface area contributed by atoms with Crippen LogP contribution in [0.5, 0.6) is 0 Å². The number of rotatable bonds is 4. The van der Waals surface area contributed by atoms with Crippen LogP contribution in [0.2, 0.25) is 0 Å². The standard InChI is InChI=1S/C53H32N4/c1-2-20-35(21-3-1)57-47-31-13-12-28-44(47)49-48-40-26-10-8-24-38(40)46(32-45(48)39-25-9-11-27-41(39)50(49)57)53-55-51(42-29-14-18-33-16-4-6-22-36(33)42)54-52(56-53)43-30-15-19-34-17-5-7-23-37(34)43/h1-32H. The molecule has 0 aliphatic carbocycles. The number of hydrogen-bond acceptors (Lipinski definition) is 3. The molecule has 12 aromatic rings. The van der Waals surface area contributed by atoms with Gasteiger partial charge in [-0.1, -0.05) is 170 Å². The van der Waals surface area contributed by atoms with Gasteiger partial charge in [0.05, 0.1) is 11.0 Å². The van der Waals surface area contributed by atoms with Gasteiger partial charge in [-0.25, -0.2) is 15.0 Å². The average molecular weight is 725 g/mol. The molecule has 0 fully saturated rings. The van der Waals surface area contributed by atoms with Gasteiger partial charge in [0.25, 0.3) is 0 Å². The zero-order valence-electron chi connectivity index (χ0n) is 30.8. The van der Waals surface area contributed by atoms with Crippen molar-refractivity contribution in [3.8, 4) is 39.9 Å². The van der Waals surface area contributed by atoms with Gasteiger partial charge in [0.2, 0.25) is 0 Å². The number of fused-ring (bicyclic) bond motifs is 12. The monoisotopic (exact) mass is 724 g/mol. The highest BCUT2D eigenvalue weighted by Crippen LogP contribution is 2.47. The summed E-state index contributed by atoms with van der Waals surface area (Å²) in [5.74, 6) is 1.94. The van der Waals surface area contributed by atoms with E-state index in [2.05, 4.69) is 199 Å². The van der Waals surface area contributed by atoms with Gasteiger partial charge in [-0.2, -0.15) is 0 Å². The fourth-order valence-corrected chi connectivity index (χ4v) is 9.14. The smallest absolute Gasteiger partial charge is 0.164 e. The van der Waals surface area contributed by atoms with E-state index in [0.717, 1.165) is 54.7 Å². The van der Waals surface area contributed by atoms with Crippen molar-refractivity contribution in [3.63, 3.8) is 0 Å². The summed E-state index contributed by atoms with van der Waals surface area (Å²) in [5, 5.41) is 14.0. The average Bonchev–Trinajstić information content (AvgIpc) is 3.64. The van der Waals surface area contributed by atoms with Gasteiger partial charge in [-0.3, -0.25) is 0 Å². The van der Waals surface area contributed by atoms with E-state index in [-0.39, 0.29) is 0 Å². The Morgan fingerprint density at radius 2 is 0.772 bits per heavy atom. The number of aromatic nitrogens is 4. The van der Waals surface area contributed by atoms with Gasteiger partial charge in [0, 0.05) is 43.9 Å². The zero-order valence-corrected chi connectivity index (χ0v) is 30.8. The van der Waals surface area contributed by atoms with E-state index in [0.29, 0.717) is 17.5 Å². The molecule has 0 amide bonds. The van der Waals surface area contributed by atoms with Crippen LogP contribution in [0.15, 0.2) is 194 Å². The van der Waals surface area contributed by atoms with Crippen molar-refractivity contribution in [1.29, 1.82) is 0 Å². The van der Waals surface area contributed by atoms with E-state index in [1.807, 2.05) is 0 Å². The lowest BCUT2D eigenvalue weighted by atomic mass is 9.90. The number of hydrogen-bond donors (Lipinski definition) is 0. The van der Waals surface area contributed by atoms with Crippen molar-refractivity contribution in [3.05, 3.63) is 194 Å². The van der Waals surface area contributed by atoms with E-state index in [9.17, 15) is 0 Å². The second kappa shape index (κ2) is 12.4. The Balaban J connectivity index is 1.24. The lowest BCUT2D eigenvalue weighted by Crippen LogP contribution is -2.01. The lowest BCUT2D eigenvalue weighted by Gasteiger charge is -2.16. The quantitative estimate of drug-likeness (QED) is 0.170. The molecule has 10 aromatic carbocycles. The van der Waals surface area contributed by atoms with Crippen LogP contribution in [-0.4, -0.2) is 19.5 Å². The molecule has 0 aliphatic rings. The molecule has 4 heteroatoms. The highest BCUT2D eigenvalue weighted by atomic mass is 15.0. The maximum atomic E-state index is 5.40. The molecule has 264 valence electrons. The first-order chi connectivity index (χ1) is 28.3. The van der Waals surface area contributed by atoms with Crippen molar-refractivity contribution in [2.24, 2.45) is 0 Å². The van der Waals surface area contributed by atoms with Crippen LogP contribution >= 0.6 is 0 Å². The number of benzene rings is 10. The third-order valence-corrected chi connectivity index (χ3v) is 11.6. The van der Waals surface area contributed by atoms with Crippen molar-refractivity contribution < 1.29 is 0 Å². The molecule has 0 saturated carbocycles. The van der Waals surface area contributed by atoms with Gasteiger partial charge >= 0.3 is 0 Å². The van der Waals surface area contributed by atoms with E-state index in [4.69, 9.17) is 15.0 Å². The van der Waals surface area contributed by atoms with Gasteiger partial charge in [0.1, 0.15) is 0 Å². The van der Waals surface area contributed by atoms with Crippen molar-refractivity contribution >= 4 is 75.7 Å². The summed E-state index contributed by atoms with van der Waals surface area (Å²) in [6, 6.07) is 69.1. The Labute approximate surface area is 328 Å². The number of nitrogens with zero attached hydrogens (tertiary/aromatic N) is 4. The summed E-state index contributed by atoms with van der Waals surface area (Å²) < 4.78 is 2.44. The third-order valence-electron chi connectivity index (χ3n) is 11.6. The fraction of sp³-hybridized carbons (Fsp3) is 0. The summed E-state index contributed by atoms with van der Waals surface area (Å²) in [4.78, 5) is 16.1. The van der Waals surface area contributed by atoms with Crippen LogP contribution in [0.4, 0.5) is 0 Å². The topological polar surface area (TPSA) is 43.6 Å². The minimum Gasteiger partial charge on any atom is -0.309 e. The van der Waals surface area contributed by atoms with Gasteiger partial charge in [-0.15, -0.1) is 0 Å². The molecule has 0 N–H and O–H groups in total. The summed E-state index contributed by atoms with van der Waals surface area (Å²) in [5.41, 5.74) is 6.45. The maximum Gasteiger partial charge on any atom is 0.164 e. The third kappa shape index (κ3) is 4.77. The summed E-state index contributed by atoms with van der Waals surface area (Å²) in [6.45, 7) is 0. The molecular formula is C53H32N4. The largest absolute Gasteiger partial charge is 0.309 e. The minimum atomic E-state index is 0.643. The Bertz CT molecular complexity index is 3480. The SMILES string of the molecule is c1ccc(-n2c3ccccc3c3c4c5ccccc5c(-c5nc(-c6cccc7ccccc67)nc(-c6cccc7ccccc67)n5)cc4c4ccccc4c32)cc1. The fourth-order valence-electron chi connectivity index (χ4n) is 9.14. The van der Waals surface area contributed by atoms with Crippen LogP contribution in [-0.2, 0) is 0 Å². The molecule has 2 heterocycles. The molecule has 0 radical (unpaired) electrons. The predicted molar refractivity (Wildman–Crippen MR) is 238 cm³/mol. The molecule has 0 unspecified atom stereocenters. The normalized spacial score (nSPS) is 11.9. The van der Waals surface area contributed by atoms with Crippen molar-refractivity contribution in [2.75, 3.05) is 0 Å². The Kier molecular flexibility index (Phi) is 6.89. The molecule has 4 nitrogen and oxygen atoms in total. The molecule has 57 heavy (non-hydrogen) atoms. The molecule has 0 atom stereocenters. The van der Waals surface area contributed by atoms with Crippen LogP contribution in [0.25, 0.3) is 116 Å². The first kappa shape index (κ1) is 31.6. The van der Waals surface area contributed by atoms with Crippen LogP contribution in [0, 0.1) is 0 Å². The van der Waals surface area contributed by atoms with Crippen LogP contribution < -0.4 is 0 Å². The van der Waals surface area contributed by atoms with E-state index >= 15 is 0 Å². The molecule has 12 rings (SSSR count). The van der Waals surface area contributed by atoms with Crippen molar-refractivity contribution in [1.82, 2.24) is 19.5 Å². The second-order valence-electron chi connectivity index (χ2n) is 14.7. The van der Waals surface area contributed by atoms with Gasteiger partial charge < -0.3 is 4.57 Å². The van der Waals surface area contributed by atoms with Crippen molar-refractivity contribution in [2.45, 2.75) is 0 Å². The molecule has 2 aromatic heterocycles. The van der Waals surface area contributed by atoms with E-state index < -0.39 is 0 Å². The second-order valence-corrected chi connectivity index (χ2v) is 14.7. The van der Waals surface area contributed by atoms with Gasteiger partial charge in [-0.05, 0) is 67.4 Å². The van der Waals surface area contributed by atoms with Crippen LogP contribution in [0.3, 0.4) is 0 Å². The first-order valence-corrected chi connectivity index (χ1v) is 19.4. The molecular weight excluding hydrogens is 693 g/mol. The Morgan fingerprint density at radius 1 is 0.298 bits per heavy atom. The lowest BCUT2D eigenvalue weighted by molar-refractivity contribution is 1.08. The number of para-hydroxylation sites is 2. The minimum absolute atomic E-state index is 0.643. The first-order valence-electron chi connectivity index (χ1n) is 19.4. The molecule has 0 aliphatic heterocycles. The van der Waals surface area contributed by atoms with Crippen LogP contribution in [0.1, 0.15) is 0 Å². The Hall–Kier alpha value is -7.69.